The molecular formula is C31H33FN6O3. The van der Waals surface area contributed by atoms with Crippen LogP contribution < -0.4 is 21.3 Å². The second-order valence-electron chi connectivity index (χ2n) is 10.4. The van der Waals surface area contributed by atoms with Crippen LogP contribution >= 0.6 is 0 Å². The number of halogens is 1. The average molecular weight is 557 g/mol. The quantitative estimate of drug-likeness (QED) is 0.368. The molecule has 0 spiro atoms. The molecule has 0 aliphatic carbocycles. The van der Waals surface area contributed by atoms with E-state index in [2.05, 4.69) is 27.5 Å². The van der Waals surface area contributed by atoms with Crippen molar-refractivity contribution in [3.63, 3.8) is 0 Å². The van der Waals surface area contributed by atoms with Crippen molar-refractivity contribution < 1.29 is 18.8 Å². The molecule has 0 unspecified atom stereocenters. The molecule has 0 bridgehead atoms. The van der Waals surface area contributed by atoms with Crippen LogP contribution in [0.2, 0.25) is 0 Å². The maximum Gasteiger partial charge on any atom is 0.258 e. The van der Waals surface area contributed by atoms with Crippen molar-refractivity contribution in [3.8, 4) is 0 Å². The predicted molar refractivity (Wildman–Crippen MR) is 159 cm³/mol. The number of fused-ring (bicyclic) bond motifs is 1. The highest BCUT2D eigenvalue weighted by molar-refractivity contribution is 6.37. The van der Waals surface area contributed by atoms with Crippen LogP contribution in [0.5, 0.6) is 0 Å². The summed E-state index contributed by atoms with van der Waals surface area (Å²) in [5.41, 5.74) is 10.1. The Morgan fingerprint density at radius 1 is 1.00 bits per heavy atom. The van der Waals surface area contributed by atoms with Gasteiger partial charge >= 0.3 is 0 Å². The number of carbonyl (C=O) groups excluding carboxylic acids is 3. The van der Waals surface area contributed by atoms with Gasteiger partial charge in [-0.25, -0.2) is 4.39 Å². The molecule has 9 nitrogen and oxygen atoms in total. The topological polar surface area (TPSA) is 111 Å². The van der Waals surface area contributed by atoms with Gasteiger partial charge in [-0.05, 0) is 60.6 Å². The Bertz CT molecular complexity index is 1500. The van der Waals surface area contributed by atoms with Crippen molar-refractivity contribution in [1.82, 2.24) is 9.80 Å². The molecule has 2 aliphatic rings. The molecule has 212 valence electrons. The van der Waals surface area contributed by atoms with Crippen LogP contribution in [-0.2, 0) is 20.8 Å². The third-order valence-corrected chi connectivity index (χ3v) is 7.45. The minimum atomic E-state index is -0.447. The number of nitrogens with zero attached hydrogens (tertiary/aromatic N) is 3. The fraction of sp³-hybridized carbons (Fsp3) is 0.258. The van der Waals surface area contributed by atoms with Crippen molar-refractivity contribution in [1.29, 1.82) is 0 Å². The van der Waals surface area contributed by atoms with Gasteiger partial charge in [0.1, 0.15) is 5.82 Å². The van der Waals surface area contributed by atoms with Gasteiger partial charge in [0.2, 0.25) is 11.8 Å². The summed E-state index contributed by atoms with van der Waals surface area (Å²) in [4.78, 5) is 43.5. The third-order valence-electron chi connectivity index (χ3n) is 7.45. The molecule has 0 aromatic heterocycles. The van der Waals surface area contributed by atoms with Crippen molar-refractivity contribution in [3.05, 3.63) is 89.2 Å². The van der Waals surface area contributed by atoms with E-state index >= 15 is 0 Å². The zero-order valence-corrected chi connectivity index (χ0v) is 23.1. The highest BCUT2D eigenvalue weighted by atomic mass is 19.1. The number of carbonyl (C=O) groups is 3. The Labute approximate surface area is 238 Å². The Kier molecular flexibility index (Phi) is 8.14. The van der Waals surface area contributed by atoms with Gasteiger partial charge < -0.3 is 26.2 Å². The molecule has 4 N–H and O–H groups in total. The molecule has 0 atom stereocenters. The van der Waals surface area contributed by atoms with E-state index in [1.54, 1.807) is 30.1 Å². The molecule has 1 saturated heterocycles. The summed E-state index contributed by atoms with van der Waals surface area (Å²) in [5, 5.41) is 6.11. The van der Waals surface area contributed by atoms with E-state index in [0.717, 1.165) is 37.4 Å². The number of rotatable bonds is 8. The Morgan fingerprint density at radius 3 is 2.34 bits per heavy atom. The molecular weight excluding hydrogens is 523 g/mol. The van der Waals surface area contributed by atoms with Gasteiger partial charge in [0.05, 0.1) is 29.9 Å². The molecule has 5 rings (SSSR count). The number of nitrogens with two attached hydrogens (primary N) is 1. The summed E-state index contributed by atoms with van der Waals surface area (Å²) in [6.07, 6.45) is 0.102. The number of hydrogen-bond acceptors (Lipinski definition) is 6. The van der Waals surface area contributed by atoms with Crippen LogP contribution in [0.15, 0.2) is 66.7 Å². The van der Waals surface area contributed by atoms with Gasteiger partial charge in [-0.1, -0.05) is 24.3 Å². The van der Waals surface area contributed by atoms with Crippen LogP contribution in [0.1, 0.15) is 16.7 Å². The van der Waals surface area contributed by atoms with Crippen LogP contribution in [-0.4, -0.2) is 74.3 Å². The highest BCUT2D eigenvalue weighted by Crippen LogP contribution is 2.38. The van der Waals surface area contributed by atoms with E-state index in [-0.39, 0.29) is 18.2 Å². The lowest BCUT2D eigenvalue weighted by molar-refractivity contribution is -0.120. The Balaban J connectivity index is 1.41. The van der Waals surface area contributed by atoms with Gasteiger partial charge in [0.15, 0.2) is 0 Å². The summed E-state index contributed by atoms with van der Waals surface area (Å²) in [5.74, 6) is -1.23. The van der Waals surface area contributed by atoms with Crippen molar-refractivity contribution >= 4 is 46.1 Å². The fourth-order valence-electron chi connectivity index (χ4n) is 5.02. The smallest absolute Gasteiger partial charge is 0.258 e. The second kappa shape index (κ2) is 11.9. The number of hydrogen-bond donors (Lipinski definition) is 3. The Hall–Kier alpha value is -4.54. The van der Waals surface area contributed by atoms with Crippen LogP contribution in [0.4, 0.5) is 21.5 Å². The lowest BCUT2D eigenvalue weighted by atomic mass is 9.98. The lowest BCUT2D eigenvalue weighted by Gasteiger charge is -2.32. The SMILES string of the molecule is CN1CCN(CC(=O)N(C)c2ccc(N/C(=C3\C(=O)Nc4cc(F)ccc43)c3ccc(CC(N)=O)cc3)cc2)CC1. The minimum Gasteiger partial charge on any atom is -0.369 e. The van der Waals surface area contributed by atoms with E-state index in [0.29, 0.717) is 40.3 Å². The number of benzene rings is 3. The number of piperazine rings is 1. The maximum absolute atomic E-state index is 13.9. The van der Waals surface area contributed by atoms with Gasteiger partial charge in [0, 0.05) is 50.2 Å². The summed E-state index contributed by atoms with van der Waals surface area (Å²) in [6, 6.07) is 18.7. The first kappa shape index (κ1) is 28.0. The molecule has 2 heterocycles. The monoisotopic (exact) mass is 556 g/mol. The Morgan fingerprint density at radius 2 is 1.68 bits per heavy atom. The molecule has 3 amide bonds. The molecule has 10 heteroatoms. The van der Waals surface area contributed by atoms with Crippen LogP contribution in [0.25, 0.3) is 11.3 Å². The second-order valence-corrected chi connectivity index (χ2v) is 10.4. The molecule has 1 fully saturated rings. The number of amides is 3. The number of primary amides is 1. The van der Waals surface area contributed by atoms with E-state index < -0.39 is 11.7 Å². The van der Waals surface area contributed by atoms with Crippen molar-refractivity contribution in [2.24, 2.45) is 5.73 Å². The van der Waals surface area contributed by atoms with Gasteiger partial charge in [-0.3, -0.25) is 19.3 Å². The first-order chi connectivity index (χ1) is 19.7. The zero-order valence-electron chi connectivity index (χ0n) is 23.1. The first-order valence-corrected chi connectivity index (χ1v) is 13.5. The normalized spacial score (nSPS) is 16.6. The molecule has 0 saturated carbocycles. The summed E-state index contributed by atoms with van der Waals surface area (Å²) < 4.78 is 13.9. The zero-order chi connectivity index (χ0) is 29.1. The highest BCUT2D eigenvalue weighted by Gasteiger charge is 2.29. The van der Waals surface area contributed by atoms with E-state index in [9.17, 15) is 18.8 Å². The number of anilines is 3. The average Bonchev–Trinajstić information content (AvgIpc) is 3.27. The van der Waals surface area contributed by atoms with Crippen LogP contribution in [0, 0.1) is 5.82 Å². The maximum atomic E-state index is 13.9. The van der Waals surface area contributed by atoms with Gasteiger partial charge in [-0.2, -0.15) is 0 Å². The lowest BCUT2D eigenvalue weighted by Crippen LogP contribution is -2.48. The predicted octanol–water partition coefficient (Wildman–Crippen LogP) is 3.00. The third kappa shape index (κ3) is 6.45. The summed E-state index contributed by atoms with van der Waals surface area (Å²) >= 11 is 0. The molecule has 3 aromatic rings. The van der Waals surface area contributed by atoms with E-state index in [4.69, 9.17) is 5.73 Å². The summed E-state index contributed by atoms with van der Waals surface area (Å²) in [6.45, 7) is 3.98. The standard InChI is InChI=1S/C31H33FN6O3/c1-36-13-15-38(16-14-36)19-28(40)37(2)24-10-8-23(9-11-24)34-30(21-5-3-20(4-6-21)17-27(33)39)29-25-12-7-22(32)18-26(25)35-31(29)41/h3-12,18,34H,13-17,19H2,1-2H3,(H2,33,39)(H,35,41)/b30-29-. The molecule has 0 radical (unpaired) electrons. The largest absolute Gasteiger partial charge is 0.369 e. The number of likely N-dealkylation sites (N-methyl/N-ethyl adjacent to an activating group) is 2. The van der Waals surface area contributed by atoms with Crippen LogP contribution in [0.3, 0.4) is 0 Å². The fourth-order valence-corrected chi connectivity index (χ4v) is 5.02. The first-order valence-electron chi connectivity index (χ1n) is 13.5. The molecule has 41 heavy (non-hydrogen) atoms. The molecule has 3 aromatic carbocycles. The van der Waals surface area contributed by atoms with E-state index in [1.807, 2.05) is 36.4 Å². The van der Waals surface area contributed by atoms with Gasteiger partial charge in [-0.15, -0.1) is 0 Å². The summed E-state index contributed by atoms with van der Waals surface area (Å²) in [7, 11) is 3.85. The minimum absolute atomic E-state index is 0.0144. The number of nitrogens with one attached hydrogen (secondary N) is 2. The van der Waals surface area contributed by atoms with E-state index in [1.165, 1.54) is 12.1 Å². The van der Waals surface area contributed by atoms with Crippen molar-refractivity contribution in [2.45, 2.75) is 6.42 Å². The van der Waals surface area contributed by atoms with Gasteiger partial charge in [0.25, 0.3) is 5.91 Å². The molecule has 2 aliphatic heterocycles. The van der Waals surface area contributed by atoms with Crippen molar-refractivity contribution in [2.75, 3.05) is 62.4 Å².